The number of hydrogen-bond acceptors (Lipinski definition) is 3. The van der Waals surface area contributed by atoms with Crippen molar-refractivity contribution >= 4 is 5.82 Å². The van der Waals surface area contributed by atoms with E-state index in [1.54, 1.807) is 0 Å². The lowest BCUT2D eigenvalue weighted by Crippen LogP contribution is -2.67. The summed E-state index contributed by atoms with van der Waals surface area (Å²) in [5, 5.41) is 3.59. The zero-order chi connectivity index (χ0) is 13.0. The normalized spacial score (nSPS) is 29.5. The van der Waals surface area contributed by atoms with Crippen molar-refractivity contribution in [1.29, 1.82) is 0 Å². The summed E-state index contributed by atoms with van der Waals surface area (Å²) in [5.74, 6) is 2.55. The Balaban J connectivity index is 1.63. The fraction of sp³-hybridized carbons (Fsp3) is 0.688. The number of anilines is 1. The SMILES string of the molecule is CC(C)c1ccc(N2CC3CC(C2)N3)nc1C1CC1. The van der Waals surface area contributed by atoms with Crippen molar-refractivity contribution in [3.8, 4) is 0 Å². The van der Waals surface area contributed by atoms with Crippen LogP contribution < -0.4 is 10.2 Å². The van der Waals surface area contributed by atoms with Gasteiger partial charge in [0.15, 0.2) is 0 Å². The molecule has 1 saturated carbocycles. The van der Waals surface area contributed by atoms with Gasteiger partial charge in [-0.05, 0) is 36.8 Å². The average molecular weight is 257 g/mol. The highest BCUT2D eigenvalue weighted by Gasteiger charge is 2.37. The van der Waals surface area contributed by atoms with Gasteiger partial charge in [0.05, 0.1) is 0 Å². The number of fused-ring (bicyclic) bond motifs is 2. The van der Waals surface area contributed by atoms with Gasteiger partial charge in [-0.25, -0.2) is 4.98 Å². The number of piperazine rings is 1. The zero-order valence-electron chi connectivity index (χ0n) is 11.9. The minimum Gasteiger partial charge on any atom is -0.353 e. The summed E-state index contributed by atoms with van der Waals surface area (Å²) >= 11 is 0. The third-order valence-corrected chi connectivity index (χ3v) is 4.77. The number of rotatable bonds is 3. The molecule has 0 spiro atoms. The maximum atomic E-state index is 5.03. The Bertz CT molecular complexity index is 477. The summed E-state index contributed by atoms with van der Waals surface area (Å²) in [6.45, 7) is 6.83. The van der Waals surface area contributed by atoms with Gasteiger partial charge in [-0.3, -0.25) is 0 Å². The molecule has 3 saturated heterocycles. The monoisotopic (exact) mass is 257 g/mol. The smallest absolute Gasteiger partial charge is 0.128 e. The minimum absolute atomic E-state index is 0.591. The van der Waals surface area contributed by atoms with E-state index in [-0.39, 0.29) is 0 Å². The quantitative estimate of drug-likeness (QED) is 0.902. The van der Waals surface area contributed by atoms with Gasteiger partial charge in [-0.2, -0.15) is 0 Å². The lowest BCUT2D eigenvalue weighted by molar-refractivity contribution is 0.225. The second-order valence-electron chi connectivity index (χ2n) is 6.77. The van der Waals surface area contributed by atoms with E-state index in [0.29, 0.717) is 18.0 Å². The van der Waals surface area contributed by atoms with Crippen LogP contribution in [0.1, 0.15) is 56.2 Å². The van der Waals surface area contributed by atoms with Crippen molar-refractivity contribution in [3.63, 3.8) is 0 Å². The van der Waals surface area contributed by atoms with Crippen LogP contribution in [0.25, 0.3) is 0 Å². The van der Waals surface area contributed by atoms with Crippen molar-refractivity contribution in [3.05, 3.63) is 23.4 Å². The molecule has 102 valence electrons. The molecule has 4 heterocycles. The van der Waals surface area contributed by atoms with E-state index in [0.717, 1.165) is 19.0 Å². The molecule has 1 aliphatic carbocycles. The summed E-state index contributed by atoms with van der Waals surface area (Å²) in [6, 6.07) is 5.98. The molecule has 4 aliphatic rings. The first-order chi connectivity index (χ1) is 9.20. The molecule has 1 aromatic rings. The molecule has 2 unspecified atom stereocenters. The van der Waals surface area contributed by atoms with Crippen LogP contribution in [0, 0.1) is 0 Å². The Kier molecular flexibility index (Phi) is 2.59. The summed E-state index contributed by atoms with van der Waals surface area (Å²) in [5.41, 5.74) is 2.85. The molecule has 5 rings (SSSR count). The molecule has 1 N–H and O–H groups in total. The van der Waals surface area contributed by atoms with E-state index in [2.05, 4.69) is 36.2 Å². The Labute approximate surface area is 115 Å². The van der Waals surface area contributed by atoms with Crippen molar-refractivity contribution in [2.45, 2.75) is 57.0 Å². The van der Waals surface area contributed by atoms with Gasteiger partial charge < -0.3 is 10.2 Å². The molecule has 0 amide bonds. The van der Waals surface area contributed by atoms with Gasteiger partial charge in [-0.15, -0.1) is 0 Å². The van der Waals surface area contributed by atoms with Gasteiger partial charge in [0.25, 0.3) is 0 Å². The summed E-state index contributed by atoms with van der Waals surface area (Å²) in [6.07, 6.45) is 4.03. The van der Waals surface area contributed by atoms with Crippen LogP contribution in [0.15, 0.2) is 12.1 Å². The van der Waals surface area contributed by atoms with E-state index < -0.39 is 0 Å². The van der Waals surface area contributed by atoms with Gasteiger partial charge >= 0.3 is 0 Å². The highest BCUT2D eigenvalue weighted by molar-refractivity contribution is 5.46. The lowest BCUT2D eigenvalue weighted by atomic mass is 9.91. The second-order valence-corrected chi connectivity index (χ2v) is 6.77. The summed E-state index contributed by atoms with van der Waals surface area (Å²) in [4.78, 5) is 7.51. The topological polar surface area (TPSA) is 28.2 Å². The summed E-state index contributed by atoms with van der Waals surface area (Å²) < 4.78 is 0. The Hall–Kier alpha value is -1.09. The fourth-order valence-corrected chi connectivity index (χ4v) is 3.52. The van der Waals surface area contributed by atoms with Crippen molar-refractivity contribution in [1.82, 2.24) is 10.3 Å². The first kappa shape index (κ1) is 11.7. The van der Waals surface area contributed by atoms with Crippen molar-refractivity contribution < 1.29 is 0 Å². The van der Waals surface area contributed by atoms with E-state index >= 15 is 0 Å². The van der Waals surface area contributed by atoms with Crippen LogP contribution in [-0.4, -0.2) is 30.2 Å². The first-order valence-electron chi connectivity index (χ1n) is 7.72. The number of aromatic nitrogens is 1. The molecular formula is C16H23N3. The van der Waals surface area contributed by atoms with E-state index in [1.165, 1.54) is 36.3 Å². The highest BCUT2D eigenvalue weighted by Crippen LogP contribution is 2.43. The fourth-order valence-electron chi connectivity index (χ4n) is 3.52. The lowest BCUT2D eigenvalue weighted by Gasteiger charge is -2.48. The molecule has 0 radical (unpaired) electrons. The highest BCUT2D eigenvalue weighted by atomic mass is 15.3. The largest absolute Gasteiger partial charge is 0.353 e. The van der Waals surface area contributed by atoms with Crippen LogP contribution in [0.3, 0.4) is 0 Å². The Morgan fingerprint density at radius 3 is 2.47 bits per heavy atom. The predicted molar refractivity (Wildman–Crippen MR) is 77.8 cm³/mol. The van der Waals surface area contributed by atoms with Crippen LogP contribution in [-0.2, 0) is 0 Å². The van der Waals surface area contributed by atoms with Gasteiger partial charge in [0.2, 0.25) is 0 Å². The van der Waals surface area contributed by atoms with E-state index in [1.807, 2.05) is 0 Å². The van der Waals surface area contributed by atoms with Crippen molar-refractivity contribution in [2.75, 3.05) is 18.0 Å². The Morgan fingerprint density at radius 2 is 1.89 bits per heavy atom. The number of hydrogen-bond donors (Lipinski definition) is 1. The molecule has 3 heteroatoms. The molecule has 0 aromatic carbocycles. The maximum Gasteiger partial charge on any atom is 0.128 e. The van der Waals surface area contributed by atoms with Crippen LogP contribution in [0.2, 0.25) is 0 Å². The second kappa shape index (κ2) is 4.20. The van der Waals surface area contributed by atoms with Crippen molar-refractivity contribution in [2.24, 2.45) is 0 Å². The average Bonchev–Trinajstić information content (AvgIpc) is 3.21. The van der Waals surface area contributed by atoms with Crippen LogP contribution in [0.5, 0.6) is 0 Å². The standard InChI is InChI=1S/C16H23N3/c1-10(2)14-5-6-15(18-16(14)11-3-4-11)19-8-12-7-13(9-19)17-12/h5-6,10-13,17H,3-4,7-9H2,1-2H3. The van der Waals surface area contributed by atoms with Crippen LogP contribution >= 0.6 is 0 Å². The van der Waals surface area contributed by atoms with Gasteiger partial charge in [-0.1, -0.05) is 19.9 Å². The molecule has 2 atom stereocenters. The molecule has 2 bridgehead atoms. The molecule has 19 heavy (non-hydrogen) atoms. The van der Waals surface area contributed by atoms with E-state index in [9.17, 15) is 0 Å². The zero-order valence-corrected chi connectivity index (χ0v) is 11.9. The van der Waals surface area contributed by atoms with Gasteiger partial charge in [0.1, 0.15) is 5.82 Å². The van der Waals surface area contributed by atoms with Crippen LogP contribution in [0.4, 0.5) is 5.82 Å². The third kappa shape index (κ3) is 2.04. The maximum absolute atomic E-state index is 5.03. The number of piperidine rings is 1. The number of nitrogens with one attached hydrogen (secondary N) is 1. The number of pyridine rings is 1. The minimum atomic E-state index is 0.591. The predicted octanol–water partition coefficient (Wildman–Crippen LogP) is 2.63. The molecular weight excluding hydrogens is 234 g/mol. The Morgan fingerprint density at radius 1 is 1.21 bits per heavy atom. The molecule has 4 fully saturated rings. The van der Waals surface area contributed by atoms with Gasteiger partial charge in [0, 0.05) is 36.8 Å². The molecule has 1 aromatic heterocycles. The molecule has 3 nitrogen and oxygen atoms in total. The van der Waals surface area contributed by atoms with E-state index in [4.69, 9.17) is 4.98 Å². The summed E-state index contributed by atoms with van der Waals surface area (Å²) in [7, 11) is 0. The third-order valence-electron chi connectivity index (χ3n) is 4.77. The first-order valence-corrected chi connectivity index (χ1v) is 7.72. The number of nitrogens with zero attached hydrogens (tertiary/aromatic N) is 2. The molecule has 3 aliphatic heterocycles.